The van der Waals surface area contributed by atoms with Crippen LogP contribution in [0.4, 0.5) is 5.69 Å². The molecule has 1 saturated heterocycles. The number of carbonyl (C=O) groups excluding carboxylic acids is 1. The van der Waals surface area contributed by atoms with Gasteiger partial charge in [0.25, 0.3) is 0 Å². The largest absolute Gasteiger partial charge is 0.495 e. The minimum atomic E-state index is -3.62. The van der Waals surface area contributed by atoms with Crippen molar-refractivity contribution in [2.24, 2.45) is 0 Å². The van der Waals surface area contributed by atoms with E-state index >= 15 is 0 Å². The molecule has 1 amide bonds. The van der Waals surface area contributed by atoms with E-state index < -0.39 is 10.0 Å². The van der Waals surface area contributed by atoms with Gasteiger partial charge >= 0.3 is 0 Å². The number of sulfonamides is 1. The van der Waals surface area contributed by atoms with Crippen LogP contribution < -0.4 is 10.1 Å². The van der Waals surface area contributed by atoms with E-state index in [2.05, 4.69) is 5.32 Å². The molecule has 1 aliphatic rings. The number of piperidine rings is 1. The Morgan fingerprint density at radius 2 is 1.79 bits per heavy atom. The molecule has 2 aromatic carbocycles. The fraction of sp³-hybridized carbons (Fsp3) is 0.350. The van der Waals surface area contributed by atoms with E-state index in [-0.39, 0.29) is 17.2 Å². The summed E-state index contributed by atoms with van der Waals surface area (Å²) >= 11 is 11.9. The molecule has 0 bridgehead atoms. The van der Waals surface area contributed by atoms with Crippen molar-refractivity contribution in [3.05, 3.63) is 52.0 Å². The van der Waals surface area contributed by atoms with Crippen LogP contribution in [0.1, 0.15) is 24.8 Å². The maximum Gasteiger partial charge on any atom is 0.243 e. The predicted octanol–water partition coefficient (Wildman–Crippen LogP) is 4.36. The highest BCUT2D eigenvalue weighted by Crippen LogP contribution is 2.30. The van der Waals surface area contributed by atoms with Crippen molar-refractivity contribution in [2.45, 2.75) is 30.6 Å². The summed E-state index contributed by atoms with van der Waals surface area (Å²) in [6, 6.07) is 9.44. The molecule has 0 spiro atoms. The number of methoxy groups -OCH3 is 1. The summed E-state index contributed by atoms with van der Waals surface area (Å²) < 4.78 is 32.6. The maximum absolute atomic E-state index is 12.9. The van der Waals surface area contributed by atoms with Crippen LogP contribution >= 0.6 is 23.2 Å². The molecule has 1 fully saturated rings. The number of amides is 1. The molecule has 2 aromatic rings. The van der Waals surface area contributed by atoms with E-state index in [4.69, 9.17) is 27.9 Å². The monoisotopic (exact) mass is 456 g/mol. The first-order valence-electron chi connectivity index (χ1n) is 9.23. The normalized spacial score (nSPS) is 15.1. The zero-order valence-electron chi connectivity index (χ0n) is 16.0. The Morgan fingerprint density at radius 1 is 1.07 bits per heavy atom. The van der Waals surface area contributed by atoms with Crippen molar-refractivity contribution in [3.8, 4) is 5.75 Å². The fourth-order valence-electron chi connectivity index (χ4n) is 3.23. The van der Waals surface area contributed by atoms with Gasteiger partial charge in [0.1, 0.15) is 5.75 Å². The van der Waals surface area contributed by atoms with E-state index in [1.165, 1.54) is 23.5 Å². The van der Waals surface area contributed by atoms with Crippen LogP contribution in [-0.2, 0) is 21.2 Å². The lowest BCUT2D eigenvalue weighted by molar-refractivity contribution is -0.115. The summed E-state index contributed by atoms with van der Waals surface area (Å²) in [5.41, 5.74) is 0.989. The van der Waals surface area contributed by atoms with Gasteiger partial charge in [-0.15, -0.1) is 0 Å². The van der Waals surface area contributed by atoms with Gasteiger partial charge in [-0.3, -0.25) is 4.79 Å². The molecule has 0 aliphatic carbocycles. The molecule has 1 N–H and O–H groups in total. The molecule has 1 aliphatic heterocycles. The number of ether oxygens (including phenoxy) is 1. The quantitative estimate of drug-likeness (QED) is 0.700. The van der Waals surface area contributed by atoms with Gasteiger partial charge in [0.15, 0.2) is 0 Å². The summed E-state index contributed by atoms with van der Waals surface area (Å²) in [7, 11) is -2.16. The Bertz CT molecular complexity index is 1010. The SMILES string of the molecule is COc1ccc(S(=O)(=O)N2CCCCC2)cc1NC(=O)Cc1ccc(Cl)c(Cl)c1. The van der Waals surface area contributed by atoms with Gasteiger partial charge in [0.2, 0.25) is 15.9 Å². The van der Waals surface area contributed by atoms with Crippen LogP contribution in [0.5, 0.6) is 5.75 Å². The minimum absolute atomic E-state index is 0.0587. The number of rotatable bonds is 6. The molecular formula is C20H22Cl2N2O4S. The van der Waals surface area contributed by atoms with Gasteiger partial charge in [-0.1, -0.05) is 35.7 Å². The Kier molecular flexibility index (Phi) is 7.05. The Morgan fingerprint density at radius 3 is 2.45 bits per heavy atom. The van der Waals surface area contributed by atoms with Crippen LogP contribution in [0.15, 0.2) is 41.3 Å². The van der Waals surface area contributed by atoms with Crippen molar-refractivity contribution in [3.63, 3.8) is 0 Å². The third kappa shape index (κ3) is 5.22. The van der Waals surface area contributed by atoms with Gasteiger partial charge in [-0.25, -0.2) is 8.42 Å². The summed E-state index contributed by atoms with van der Waals surface area (Å²) in [6.45, 7) is 1.01. The molecule has 0 saturated carbocycles. The first-order chi connectivity index (χ1) is 13.8. The predicted molar refractivity (Wildman–Crippen MR) is 114 cm³/mol. The number of benzene rings is 2. The van der Waals surface area contributed by atoms with E-state index in [0.29, 0.717) is 40.1 Å². The molecule has 156 valence electrons. The minimum Gasteiger partial charge on any atom is -0.495 e. The second-order valence-corrected chi connectivity index (χ2v) is 9.55. The molecule has 6 nitrogen and oxygen atoms in total. The van der Waals surface area contributed by atoms with Gasteiger partial charge in [0, 0.05) is 13.1 Å². The highest BCUT2D eigenvalue weighted by Gasteiger charge is 2.27. The average molecular weight is 457 g/mol. The second kappa shape index (κ2) is 9.34. The Hall–Kier alpha value is -1.80. The summed E-state index contributed by atoms with van der Waals surface area (Å²) in [5.74, 6) is 0.0549. The maximum atomic E-state index is 12.9. The van der Waals surface area contributed by atoms with Crippen LogP contribution in [-0.4, -0.2) is 38.8 Å². The Labute approximate surface area is 180 Å². The van der Waals surface area contributed by atoms with E-state index in [0.717, 1.165) is 19.3 Å². The van der Waals surface area contributed by atoms with Crippen molar-refractivity contribution >= 4 is 44.8 Å². The zero-order chi connectivity index (χ0) is 21.0. The van der Waals surface area contributed by atoms with E-state index in [9.17, 15) is 13.2 Å². The number of hydrogen-bond acceptors (Lipinski definition) is 4. The molecule has 9 heteroatoms. The number of hydrogen-bond donors (Lipinski definition) is 1. The van der Waals surface area contributed by atoms with Crippen LogP contribution in [0.2, 0.25) is 10.0 Å². The smallest absolute Gasteiger partial charge is 0.243 e. The lowest BCUT2D eigenvalue weighted by Crippen LogP contribution is -2.35. The average Bonchev–Trinajstić information content (AvgIpc) is 2.71. The summed E-state index contributed by atoms with van der Waals surface area (Å²) in [6.07, 6.45) is 2.79. The number of nitrogens with zero attached hydrogens (tertiary/aromatic N) is 1. The lowest BCUT2D eigenvalue weighted by Gasteiger charge is -2.26. The Balaban J connectivity index is 1.81. The third-order valence-corrected chi connectivity index (χ3v) is 7.38. The first-order valence-corrected chi connectivity index (χ1v) is 11.4. The third-order valence-electron chi connectivity index (χ3n) is 4.75. The van der Waals surface area contributed by atoms with E-state index in [1.807, 2.05) is 0 Å². The molecule has 29 heavy (non-hydrogen) atoms. The second-order valence-electron chi connectivity index (χ2n) is 6.80. The van der Waals surface area contributed by atoms with Crippen LogP contribution in [0.3, 0.4) is 0 Å². The molecule has 0 radical (unpaired) electrons. The van der Waals surface area contributed by atoms with E-state index in [1.54, 1.807) is 24.3 Å². The highest BCUT2D eigenvalue weighted by atomic mass is 35.5. The van der Waals surface area contributed by atoms with Crippen LogP contribution in [0, 0.1) is 0 Å². The van der Waals surface area contributed by atoms with Gasteiger partial charge < -0.3 is 10.1 Å². The van der Waals surface area contributed by atoms with Crippen molar-refractivity contribution in [2.75, 3.05) is 25.5 Å². The van der Waals surface area contributed by atoms with Crippen LogP contribution in [0.25, 0.3) is 0 Å². The van der Waals surface area contributed by atoms with Crippen molar-refractivity contribution in [1.82, 2.24) is 4.31 Å². The molecular weight excluding hydrogens is 435 g/mol. The number of halogens is 2. The first kappa shape index (κ1) is 21.9. The summed E-state index contributed by atoms with van der Waals surface area (Å²) in [4.78, 5) is 12.6. The van der Waals surface area contributed by atoms with Gasteiger partial charge in [-0.2, -0.15) is 4.31 Å². The highest BCUT2D eigenvalue weighted by molar-refractivity contribution is 7.89. The molecule has 0 aromatic heterocycles. The molecule has 1 heterocycles. The number of nitrogens with one attached hydrogen (secondary N) is 1. The van der Waals surface area contributed by atoms with Gasteiger partial charge in [0.05, 0.1) is 34.2 Å². The topological polar surface area (TPSA) is 75.7 Å². The lowest BCUT2D eigenvalue weighted by atomic mass is 10.1. The summed E-state index contributed by atoms with van der Waals surface area (Å²) in [5, 5.41) is 3.51. The van der Waals surface area contributed by atoms with Crippen molar-refractivity contribution < 1.29 is 17.9 Å². The van der Waals surface area contributed by atoms with Gasteiger partial charge in [-0.05, 0) is 48.7 Å². The van der Waals surface area contributed by atoms with Crippen molar-refractivity contribution in [1.29, 1.82) is 0 Å². The number of anilines is 1. The standard InChI is InChI=1S/C20H22Cl2N2O4S/c1-28-19-8-6-15(29(26,27)24-9-3-2-4-10-24)13-18(19)23-20(25)12-14-5-7-16(21)17(22)11-14/h5-8,11,13H,2-4,9-10,12H2,1H3,(H,23,25). The molecule has 0 unspecified atom stereocenters. The zero-order valence-corrected chi connectivity index (χ0v) is 18.3. The molecule has 0 atom stereocenters. The molecule has 3 rings (SSSR count). The fourth-order valence-corrected chi connectivity index (χ4v) is 5.09. The number of carbonyl (C=O) groups is 1.